The molecule has 6 nitrogen and oxygen atoms in total. The van der Waals surface area contributed by atoms with Crippen LogP contribution >= 0.6 is 11.3 Å². The fourth-order valence-electron chi connectivity index (χ4n) is 2.87. The van der Waals surface area contributed by atoms with Crippen molar-refractivity contribution < 1.29 is 23.0 Å². The summed E-state index contributed by atoms with van der Waals surface area (Å²) in [6.07, 6.45) is 0.119. The molecule has 25 heavy (non-hydrogen) atoms. The van der Waals surface area contributed by atoms with Crippen LogP contribution in [0.15, 0.2) is 29.4 Å². The lowest BCUT2D eigenvalue weighted by molar-refractivity contribution is -0.286. The summed E-state index contributed by atoms with van der Waals surface area (Å²) in [6, 6.07) is 4.20. The third kappa shape index (κ3) is 3.11. The van der Waals surface area contributed by atoms with Gasteiger partial charge in [-0.1, -0.05) is 0 Å². The van der Waals surface area contributed by atoms with Crippen molar-refractivity contribution in [2.45, 2.75) is 26.1 Å². The number of nitrogens with zero attached hydrogens (tertiary/aromatic N) is 3. The molecule has 2 aromatic rings. The highest BCUT2D eigenvalue weighted by atomic mass is 32.1. The summed E-state index contributed by atoms with van der Waals surface area (Å²) in [5.74, 6) is -0.0661. The minimum atomic E-state index is -3.66. The number of carbonyl (C=O) groups excluding carboxylic acids is 1. The second-order valence-electron chi connectivity index (χ2n) is 5.88. The molecular formula is C16H15F2N3O3S. The molecule has 0 unspecified atom stereocenters. The van der Waals surface area contributed by atoms with E-state index in [1.165, 1.54) is 23.5 Å². The number of urea groups is 1. The summed E-state index contributed by atoms with van der Waals surface area (Å²) in [5, 5.41) is 0. The molecule has 0 N–H and O–H groups in total. The summed E-state index contributed by atoms with van der Waals surface area (Å²) in [5.41, 5.74) is 0.567. The highest BCUT2D eigenvalue weighted by Crippen LogP contribution is 2.41. The highest BCUT2D eigenvalue weighted by Gasteiger charge is 2.43. The van der Waals surface area contributed by atoms with E-state index in [-0.39, 0.29) is 17.5 Å². The average Bonchev–Trinajstić information content (AvgIpc) is 3.23. The Kier molecular flexibility index (Phi) is 3.75. The molecule has 0 saturated carbocycles. The molecule has 0 spiro atoms. The van der Waals surface area contributed by atoms with Crippen molar-refractivity contribution in [2.24, 2.45) is 4.99 Å². The molecule has 2 aliphatic heterocycles. The van der Waals surface area contributed by atoms with Crippen LogP contribution in [0.1, 0.15) is 17.7 Å². The van der Waals surface area contributed by atoms with E-state index >= 15 is 0 Å². The zero-order valence-corrected chi connectivity index (χ0v) is 14.2. The van der Waals surface area contributed by atoms with E-state index in [2.05, 4.69) is 14.5 Å². The second-order valence-corrected chi connectivity index (χ2v) is 7.09. The Bertz CT molecular complexity index is 900. The van der Waals surface area contributed by atoms with Crippen molar-refractivity contribution in [1.82, 2.24) is 9.47 Å². The molecule has 1 fully saturated rings. The Morgan fingerprint density at radius 1 is 1.24 bits per heavy atom. The van der Waals surface area contributed by atoms with E-state index < -0.39 is 6.29 Å². The lowest BCUT2D eigenvalue weighted by atomic mass is 10.3. The minimum absolute atomic E-state index is 0.0204. The van der Waals surface area contributed by atoms with Crippen LogP contribution in [0.4, 0.5) is 13.6 Å². The Morgan fingerprint density at radius 2 is 1.96 bits per heavy atom. The lowest BCUT2D eigenvalue weighted by Gasteiger charge is -2.10. The van der Waals surface area contributed by atoms with Crippen molar-refractivity contribution in [3.8, 4) is 17.2 Å². The molecule has 2 aliphatic rings. The Balaban J connectivity index is 1.71. The van der Waals surface area contributed by atoms with Gasteiger partial charge in [-0.15, -0.1) is 20.1 Å². The zero-order chi connectivity index (χ0) is 17.6. The number of amides is 2. The Labute approximate surface area is 145 Å². The van der Waals surface area contributed by atoms with E-state index in [4.69, 9.17) is 0 Å². The number of carbonyl (C=O) groups is 1. The number of alkyl halides is 2. The van der Waals surface area contributed by atoms with Crippen LogP contribution < -0.4 is 14.3 Å². The molecule has 0 atom stereocenters. The van der Waals surface area contributed by atoms with E-state index in [9.17, 15) is 13.6 Å². The van der Waals surface area contributed by atoms with Gasteiger partial charge in [0.2, 0.25) is 0 Å². The van der Waals surface area contributed by atoms with Crippen LogP contribution in [0.5, 0.6) is 11.5 Å². The first-order valence-electron chi connectivity index (χ1n) is 7.84. The topological polar surface area (TPSA) is 56.1 Å². The molecule has 4 rings (SSSR count). The smallest absolute Gasteiger partial charge is 0.395 e. The number of hydrogen-bond acceptors (Lipinski definition) is 4. The van der Waals surface area contributed by atoms with Gasteiger partial charge in [0, 0.05) is 30.2 Å². The number of halogens is 2. The van der Waals surface area contributed by atoms with Gasteiger partial charge in [-0.2, -0.15) is 4.99 Å². The number of likely N-dealkylation sites (tertiary alicyclic amines) is 1. The Morgan fingerprint density at radius 3 is 2.72 bits per heavy atom. The van der Waals surface area contributed by atoms with Gasteiger partial charge >= 0.3 is 12.3 Å². The molecular weight excluding hydrogens is 352 g/mol. The van der Waals surface area contributed by atoms with E-state index in [0.717, 1.165) is 17.7 Å². The van der Waals surface area contributed by atoms with Crippen molar-refractivity contribution in [1.29, 1.82) is 0 Å². The number of aryl methyl sites for hydroxylation is 1. The fraction of sp³-hybridized carbons (Fsp3) is 0.375. The molecule has 132 valence electrons. The highest BCUT2D eigenvalue weighted by molar-refractivity contribution is 7.09. The predicted molar refractivity (Wildman–Crippen MR) is 86.4 cm³/mol. The number of ether oxygens (including phenoxy) is 2. The number of aromatic nitrogens is 1. The molecule has 1 saturated heterocycles. The normalized spacial score (nSPS) is 18.8. The third-order valence-electron chi connectivity index (χ3n) is 4.00. The number of rotatable bonds is 1. The van der Waals surface area contributed by atoms with E-state index in [0.29, 0.717) is 23.6 Å². The SMILES string of the molecule is Cc1cn(-c2ccc3c(c2)OC(F)(F)O3)c(=NC(=O)N2CCCC2)s1. The van der Waals surface area contributed by atoms with Gasteiger partial charge in [0.15, 0.2) is 16.3 Å². The van der Waals surface area contributed by atoms with Crippen molar-refractivity contribution in [3.05, 3.63) is 34.1 Å². The largest absolute Gasteiger partial charge is 0.586 e. The maximum atomic E-state index is 13.2. The van der Waals surface area contributed by atoms with Gasteiger partial charge in [-0.3, -0.25) is 4.57 Å². The van der Waals surface area contributed by atoms with Gasteiger partial charge in [0.1, 0.15) is 0 Å². The van der Waals surface area contributed by atoms with Crippen molar-refractivity contribution in [3.63, 3.8) is 0 Å². The fourth-order valence-corrected chi connectivity index (χ4v) is 3.69. The van der Waals surface area contributed by atoms with Crippen LogP contribution in [-0.2, 0) is 0 Å². The number of fused-ring (bicyclic) bond motifs is 1. The average molecular weight is 367 g/mol. The summed E-state index contributed by atoms with van der Waals surface area (Å²) in [7, 11) is 0. The zero-order valence-electron chi connectivity index (χ0n) is 13.4. The van der Waals surface area contributed by atoms with Gasteiger partial charge in [0.25, 0.3) is 0 Å². The van der Waals surface area contributed by atoms with Crippen LogP contribution in [-0.4, -0.2) is 34.9 Å². The van der Waals surface area contributed by atoms with E-state index in [1.807, 2.05) is 6.92 Å². The number of hydrogen-bond donors (Lipinski definition) is 0. The summed E-state index contributed by atoms with van der Waals surface area (Å²) < 4.78 is 37.0. The molecule has 1 aromatic heterocycles. The minimum Gasteiger partial charge on any atom is -0.395 e. The van der Waals surface area contributed by atoms with Crippen molar-refractivity contribution in [2.75, 3.05) is 13.1 Å². The lowest BCUT2D eigenvalue weighted by Crippen LogP contribution is -2.27. The molecule has 9 heteroatoms. The van der Waals surface area contributed by atoms with Crippen LogP contribution in [0.2, 0.25) is 0 Å². The maximum Gasteiger partial charge on any atom is 0.586 e. The molecule has 1 aromatic carbocycles. The maximum absolute atomic E-state index is 13.2. The molecule has 3 heterocycles. The first kappa shape index (κ1) is 16.1. The summed E-state index contributed by atoms with van der Waals surface area (Å²) in [6.45, 7) is 3.32. The molecule has 0 bridgehead atoms. The number of benzene rings is 1. The van der Waals surface area contributed by atoms with Crippen molar-refractivity contribution >= 4 is 17.4 Å². The molecule has 0 aliphatic carbocycles. The van der Waals surface area contributed by atoms with Gasteiger partial charge < -0.3 is 14.4 Å². The summed E-state index contributed by atoms with van der Waals surface area (Å²) >= 11 is 1.36. The molecule has 2 amide bonds. The van der Waals surface area contributed by atoms with Gasteiger partial charge in [-0.05, 0) is 31.9 Å². The second kappa shape index (κ2) is 5.83. The van der Waals surface area contributed by atoms with Crippen LogP contribution in [0.25, 0.3) is 5.69 Å². The van der Waals surface area contributed by atoms with E-state index in [1.54, 1.807) is 21.7 Å². The van der Waals surface area contributed by atoms with Crippen LogP contribution in [0, 0.1) is 6.92 Å². The monoisotopic (exact) mass is 367 g/mol. The van der Waals surface area contributed by atoms with Gasteiger partial charge in [-0.25, -0.2) is 4.79 Å². The third-order valence-corrected chi connectivity index (χ3v) is 4.90. The van der Waals surface area contributed by atoms with Crippen LogP contribution in [0.3, 0.4) is 0 Å². The molecule has 0 radical (unpaired) electrons. The first-order chi connectivity index (χ1) is 11.9. The first-order valence-corrected chi connectivity index (χ1v) is 8.66. The quantitative estimate of drug-likeness (QED) is 0.777. The number of thiazole rings is 1. The van der Waals surface area contributed by atoms with Gasteiger partial charge in [0.05, 0.1) is 5.69 Å². The Hall–Kier alpha value is -2.42. The summed E-state index contributed by atoms with van der Waals surface area (Å²) in [4.78, 5) is 19.6. The predicted octanol–water partition coefficient (Wildman–Crippen LogP) is 3.29. The standard InChI is InChI=1S/C16H15F2N3O3S/c1-10-9-21(15(25-10)19-14(22)20-6-2-3-7-20)11-4-5-12-13(8-11)24-16(17,18)23-12/h4-5,8-9H,2-3,6-7H2,1H3.